The van der Waals surface area contributed by atoms with Gasteiger partial charge in [-0.3, -0.25) is 14.4 Å². The van der Waals surface area contributed by atoms with Crippen molar-refractivity contribution in [2.45, 2.75) is 193 Å². The van der Waals surface area contributed by atoms with Crippen LogP contribution in [0.15, 0.2) is 12.2 Å². The molecule has 5 aliphatic rings. The van der Waals surface area contributed by atoms with Crippen LogP contribution < -0.4 is 0 Å². The first-order valence-electron chi connectivity index (χ1n) is 21.5. The number of carbonyl (C=O) groups excluding carboxylic acids is 3. The fourth-order valence-corrected chi connectivity index (χ4v) is 10.6. The maximum atomic E-state index is 14.5. The largest absolute Gasteiger partial charge is 0.452 e. The van der Waals surface area contributed by atoms with E-state index in [-0.39, 0.29) is 66.3 Å². The summed E-state index contributed by atoms with van der Waals surface area (Å²) in [5, 5.41) is 22.9. The highest BCUT2D eigenvalue weighted by Crippen LogP contribution is 2.53. The molecule has 5 rings (SSSR count). The van der Waals surface area contributed by atoms with Gasteiger partial charge in [0.25, 0.3) is 0 Å². The molecule has 4 fully saturated rings. The molecule has 0 radical (unpaired) electrons. The van der Waals surface area contributed by atoms with Crippen LogP contribution in [-0.2, 0) is 42.8 Å². The van der Waals surface area contributed by atoms with Crippen molar-refractivity contribution in [3.05, 3.63) is 12.2 Å². The lowest BCUT2D eigenvalue weighted by Gasteiger charge is -2.53. The molecule has 2 N–H and O–H groups in total. The summed E-state index contributed by atoms with van der Waals surface area (Å²) < 4.78 is 38.7. The lowest BCUT2D eigenvalue weighted by atomic mass is 9.72. The van der Waals surface area contributed by atoms with E-state index in [0.29, 0.717) is 57.8 Å². The second-order valence-corrected chi connectivity index (χ2v) is 18.2. The fourth-order valence-electron chi connectivity index (χ4n) is 10.6. The molecule has 0 amide bonds. The van der Waals surface area contributed by atoms with Crippen molar-refractivity contribution in [3.63, 3.8) is 0 Å². The first-order chi connectivity index (χ1) is 26.3. The number of aliphatic hydroxyl groups is 2. The number of rotatable bonds is 13. The van der Waals surface area contributed by atoms with Gasteiger partial charge in [0.15, 0.2) is 12.4 Å². The van der Waals surface area contributed by atoms with E-state index in [1.807, 2.05) is 48.5 Å². The van der Waals surface area contributed by atoms with Gasteiger partial charge in [-0.05, 0) is 95.6 Å². The lowest BCUT2D eigenvalue weighted by Crippen LogP contribution is -2.62. The van der Waals surface area contributed by atoms with E-state index in [1.165, 1.54) is 6.08 Å². The number of esters is 1. The van der Waals surface area contributed by atoms with Gasteiger partial charge in [0.2, 0.25) is 11.6 Å². The minimum absolute atomic E-state index is 0.0104. The van der Waals surface area contributed by atoms with E-state index in [4.69, 9.17) is 34.8 Å². The average molecular weight is 787 g/mol. The molecule has 0 aromatic rings. The Kier molecular flexibility index (Phi) is 14.1. The molecular weight excluding hydrogens is 716 g/mol. The Labute approximate surface area is 335 Å². The van der Waals surface area contributed by atoms with Crippen molar-refractivity contribution < 1.29 is 53.0 Å². The molecule has 5 heterocycles. The summed E-state index contributed by atoms with van der Waals surface area (Å²) in [6.07, 6.45) is 11.4. The van der Waals surface area contributed by atoms with Gasteiger partial charge in [0.1, 0.15) is 5.78 Å². The minimum atomic E-state index is -1.57. The molecule has 4 saturated heterocycles. The van der Waals surface area contributed by atoms with Gasteiger partial charge in [0, 0.05) is 30.1 Å². The van der Waals surface area contributed by atoms with Crippen LogP contribution in [0, 0.1) is 53.8 Å². The van der Waals surface area contributed by atoms with Crippen molar-refractivity contribution in [3.8, 4) is 12.3 Å². The molecule has 0 aromatic heterocycles. The van der Waals surface area contributed by atoms with Gasteiger partial charge in [-0.2, -0.15) is 0 Å². The number of hydrogen-bond acceptors (Lipinski definition) is 11. The number of hydrogen-bond donors (Lipinski definition) is 2. The number of carbonyl (C=O) groups is 3. The lowest BCUT2D eigenvalue weighted by molar-refractivity contribution is -0.378. The van der Waals surface area contributed by atoms with E-state index in [2.05, 4.69) is 19.8 Å². The predicted octanol–water partition coefficient (Wildman–Crippen LogP) is 6.49. The Balaban J connectivity index is 1.30. The third-order valence-electron chi connectivity index (χ3n) is 14.6. The van der Waals surface area contributed by atoms with E-state index in [9.17, 15) is 24.6 Å². The van der Waals surface area contributed by atoms with Crippen LogP contribution in [0.2, 0.25) is 0 Å². The van der Waals surface area contributed by atoms with Crippen molar-refractivity contribution in [2.24, 2.45) is 41.4 Å². The molecule has 17 atom stereocenters. The van der Waals surface area contributed by atoms with Crippen LogP contribution in [0.5, 0.6) is 0 Å². The van der Waals surface area contributed by atoms with Crippen LogP contribution in [0.3, 0.4) is 0 Å². The maximum Gasteiger partial charge on any atom is 0.312 e. The van der Waals surface area contributed by atoms with Crippen LogP contribution in [-0.4, -0.2) is 93.8 Å². The normalized spacial score (nSPS) is 42.8. The molecule has 2 spiro atoms. The zero-order valence-electron chi connectivity index (χ0n) is 35.6. The molecule has 11 nitrogen and oxygen atoms in total. The Morgan fingerprint density at radius 3 is 2.29 bits per heavy atom. The van der Waals surface area contributed by atoms with E-state index in [0.717, 1.165) is 6.42 Å². The minimum Gasteiger partial charge on any atom is -0.452 e. The third kappa shape index (κ3) is 8.46. The van der Waals surface area contributed by atoms with Gasteiger partial charge >= 0.3 is 5.97 Å². The van der Waals surface area contributed by atoms with Gasteiger partial charge in [-0.1, -0.05) is 61.3 Å². The second kappa shape index (κ2) is 17.6. The summed E-state index contributed by atoms with van der Waals surface area (Å²) in [5.74, 6) is -3.46. The molecule has 5 aliphatic heterocycles. The summed E-state index contributed by atoms with van der Waals surface area (Å²) in [7, 11) is 0. The highest BCUT2D eigenvalue weighted by molar-refractivity contribution is 5.97. The quantitative estimate of drug-likeness (QED) is 0.156. The van der Waals surface area contributed by atoms with Crippen molar-refractivity contribution in [1.29, 1.82) is 0 Å². The summed E-state index contributed by atoms with van der Waals surface area (Å²) >= 11 is 0. The first-order valence-corrected chi connectivity index (χ1v) is 21.5. The Bertz CT molecular complexity index is 1490. The summed E-state index contributed by atoms with van der Waals surface area (Å²) in [6.45, 7) is 19.5. The molecule has 0 unspecified atom stereocenters. The number of terminal acetylenes is 1. The fraction of sp³-hybridized carbons (Fsp3) is 0.844. The molecule has 11 heteroatoms. The standard InChI is InChI=1S/C45H70O11/c1-12-24-51-41(49)32(13-2)34-17-16-26(5)39(53-34)30(9)37(47)29(8)38(48)33(14-3)40-27(6)25-28(7)44(54-40)21-18-35(46)45(56-44)23-22-42(11,55-45)36-19-20-43(50,15-4)31(10)52-36/h1,18,21,26-34,36-37,39-40,47,50H,13-17,19-20,22-25H2,2-11H3/t26-,27-,28+,29-,30-,31-,32+,33-,34+,36+,37+,39+,40-,42-,43+,44-,45-/m0/s1. The molecule has 0 aromatic carbocycles. The monoisotopic (exact) mass is 786 g/mol. The summed E-state index contributed by atoms with van der Waals surface area (Å²) in [6, 6.07) is 0. The third-order valence-corrected chi connectivity index (χ3v) is 14.6. The molecule has 0 bridgehead atoms. The van der Waals surface area contributed by atoms with Crippen LogP contribution >= 0.6 is 0 Å². The number of Topliss-reactive ketones (excluding diaryl/α,β-unsaturated/α-hetero) is 1. The van der Waals surface area contributed by atoms with Crippen LogP contribution in [0.1, 0.15) is 133 Å². The zero-order valence-corrected chi connectivity index (χ0v) is 35.6. The van der Waals surface area contributed by atoms with Gasteiger partial charge in [0.05, 0.1) is 53.7 Å². The topological polar surface area (TPSA) is 147 Å². The molecule has 0 saturated carbocycles. The molecule has 56 heavy (non-hydrogen) atoms. The van der Waals surface area contributed by atoms with Crippen LogP contribution in [0.4, 0.5) is 0 Å². The smallest absolute Gasteiger partial charge is 0.312 e. The number of ether oxygens (including phenoxy) is 6. The maximum absolute atomic E-state index is 14.5. The molecule has 316 valence electrons. The SMILES string of the molecule is C#CCOC(=O)[C@H](CC)[C@H]1CC[C@H](C)[C@H]([C@@H](C)[C@H](O)[C@H](C)C(=O)[C@H](CC)[C@H]2O[C@]3(C=CC(=O)[C@]4(CC[C@@](C)([C@H]5CC[C@](O)(CC)[C@H](C)O5)O4)O3)[C@H](C)C[C@@H]2C)O1. The Morgan fingerprint density at radius 2 is 1.66 bits per heavy atom. The zero-order chi connectivity index (χ0) is 41.4. The predicted molar refractivity (Wildman–Crippen MR) is 210 cm³/mol. The van der Waals surface area contributed by atoms with E-state index < -0.39 is 58.7 Å². The highest BCUT2D eigenvalue weighted by Gasteiger charge is 2.63. The molecule has 0 aliphatic carbocycles. The van der Waals surface area contributed by atoms with Crippen molar-refractivity contribution >= 4 is 17.5 Å². The Hall–Kier alpha value is -2.17. The summed E-state index contributed by atoms with van der Waals surface area (Å²) in [4.78, 5) is 41.0. The van der Waals surface area contributed by atoms with Gasteiger partial charge < -0.3 is 38.6 Å². The second-order valence-electron chi connectivity index (χ2n) is 18.2. The van der Waals surface area contributed by atoms with Gasteiger partial charge in [-0.25, -0.2) is 0 Å². The first kappa shape index (κ1) is 44.9. The Morgan fingerprint density at radius 1 is 0.964 bits per heavy atom. The average Bonchev–Trinajstić information content (AvgIpc) is 3.52. The highest BCUT2D eigenvalue weighted by atomic mass is 16.8. The van der Waals surface area contributed by atoms with Crippen molar-refractivity contribution in [2.75, 3.05) is 6.61 Å². The van der Waals surface area contributed by atoms with Crippen molar-refractivity contribution in [1.82, 2.24) is 0 Å². The van der Waals surface area contributed by atoms with E-state index >= 15 is 0 Å². The number of aliphatic hydroxyl groups excluding tert-OH is 1. The molecular formula is C45H70O11. The van der Waals surface area contributed by atoms with E-state index in [1.54, 1.807) is 13.0 Å². The van der Waals surface area contributed by atoms with Gasteiger partial charge in [-0.15, -0.1) is 6.42 Å². The summed E-state index contributed by atoms with van der Waals surface area (Å²) in [5.41, 5.74) is -1.71. The number of ketones is 2. The van der Waals surface area contributed by atoms with Crippen LogP contribution in [0.25, 0.3) is 0 Å².